The summed E-state index contributed by atoms with van der Waals surface area (Å²) in [7, 11) is 1.55. The van der Waals surface area contributed by atoms with Crippen LogP contribution in [0.4, 0.5) is 0 Å². The molecule has 1 aliphatic rings. The number of hydrogen-bond acceptors (Lipinski definition) is 5. The average molecular weight is 317 g/mol. The summed E-state index contributed by atoms with van der Waals surface area (Å²) >= 11 is 0. The van der Waals surface area contributed by atoms with E-state index in [-0.39, 0.29) is 24.9 Å². The number of carbonyl (C=O) groups is 2. The number of benzene rings is 1. The molecule has 1 saturated heterocycles. The normalized spacial score (nSPS) is 14.4. The Morgan fingerprint density at radius 2 is 1.96 bits per heavy atom. The molecule has 0 unspecified atom stereocenters. The molecule has 0 bridgehead atoms. The highest BCUT2D eigenvalue weighted by atomic mass is 16.5. The molecule has 2 heterocycles. The van der Waals surface area contributed by atoms with Crippen molar-refractivity contribution in [3.8, 4) is 0 Å². The predicted molar refractivity (Wildman–Crippen MR) is 83.0 cm³/mol. The molecule has 1 fully saturated rings. The van der Waals surface area contributed by atoms with E-state index in [2.05, 4.69) is 0 Å². The second-order valence-electron chi connectivity index (χ2n) is 5.50. The van der Waals surface area contributed by atoms with E-state index >= 15 is 0 Å². The smallest absolute Gasteiger partial charge is 0.375 e. The number of para-hydroxylation sites is 1. The average Bonchev–Trinajstić information content (AvgIpc) is 3.21. The van der Waals surface area contributed by atoms with Gasteiger partial charge in [0.05, 0.1) is 6.61 Å². The molecule has 1 aromatic carbocycles. The van der Waals surface area contributed by atoms with Gasteiger partial charge < -0.3 is 18.8 Å². The number of methoxy groups -OCH3 is 1. The molecule has 23 heavy (non-hydrogen) atoms. The maximum Gasteiger partial charge on any atom is 0.375 e. The van der Waals surface area contributed by atoms with Crippen molar-refractivity contribution in [2.45, 2.75) is 19.4 Å². The highest BCUT2D eigenvalue weighted by Gasteiger charge is 2.24. The fraction of sp³-hybridized carbons (Fsp3) is 0.412. The molecular formula is C17H19NO5. The molecule has 0 atom stereocenters. The van der Waals surface area contributed by atoms with Crippen molar-refractivity contribution in [1.82, 2.24) is 4.90 Å². The third kappa shape index (κ3) is 3.22. The first-order chi connectivity index (χ1) is 11.2. The largest absolute Gasteiger partial charge is 0.450 e. The third-order valence-electron chi connectivity index (χ3n) is 3.96. The first-order valence-corrected chi connectivity index (χ1v) is 7.65. The summed E-state index contributed by atoms with van der Waals surface area (Å²) in [5.41, 5.74) is 1.24. The lowest BCUT2D eigenvalue weighted by atomic mass is 10.1. The molecule has 1 amide bonds. The van der Waals surface area contributed by atoms with E-state index in [0.717, 1.165) is 31.3 Å². The van der Waals surface area contributed by atoms with Gasteiger partial charge in [-0.1, -0.05) is 18.2 Å². The van der Waals surface area contributed by atoms with Gasteiger partial charge in [0.2, 0.25) is 5.76 Å². The van der Waals surface area contributed by atoms with Gasteiger partial charge in [0.1, 0.15) is 5.58 Å². The minimum atomic E-state index is -0.638. The summed E-state index contributed by atoms with van der Waals surface area (Å²) in [6, 6.07) is 7.33. The molecule has 2 aromatic rings. The van der Waals surface area contributed by atoms with Gasteiger partial charge in [-0.25, -0.2) is 4.79 Å². The van der Waals surface area contributed by atoms with Crippen molar-refractivity contribution < 1.29 is 23.5 Å². The fourth-order valence-corrected chi connectivity index (χ4v) is 2.80. The summed E-state index contributed by atoms with van der Waals surface area (Å²) in [4.78, 5) is 26.0. The van der Waals surface area contributed by atoms with Crippen molar-refractivity contribution in [2.75, 3.05) is 26.8 Å². The quantitative estimate of drug-likeness (QED) is 0.792. The van der Waals surface area contributed by atoms with Crippen molar-refractivity contribution in [1.29, 1.82) is 0 Å². The third-order valence-corrected chi connectivity index (χ3v) is 3.96. The number of furan rings is 1. The zero-order valence-corrected chi connectivity index (χ0v) is 13.0. The first-order valence-electron chi connectivity index (χ1n) is 7.65. The molecule has 6 nitrogen and oxygen atoms in total. The Morgan fingerprint density at radius 1 is 1.22 bits per heavy atom. The molecule has 122 valence electrons. The van der Waals surface area contributed by atoms with Gasteiger partial charge in [0, 0.05) is 31.1 Å². The molecule has 6 heteroatoms. The maximum absolute atomic E-state index is 12.3. The number of likely N-dealkylation sites (tertiary alicyclic amines) is 1. The zero-order chi connectivity index (χ0) is 16.2. The molecule has 0 saturated carbocycles. The summed E-state index contributed by atoms with van der Waals surface area (Å²) in [6.45, 7) is 1.44. The second-order valence-corrected chi connectivity index (χ2v) is 5.50. The molecule has 0 spiro atoms. The monoisotopic (exact) mass is 317 g/mol. The number of fused-ring (bicyclic) bond motifs is 1. The lowest BCUT2D eigenvalue weighted by Gasteiger charge is -2.14. The lowest BCUT2D eigenvalue weighted by Crippen LogP contribution is -2.32. The standard InChI is InChI=1S/C17H19NO5/c1-21-10-13-12-6-2-3-7-14(12)23-16(13)17(20)22-11-15(19)18-8-4-5-9-18/h2-3,6-7H,4-5,8-11H2,1H3. The van der Waals surface area contributed by atoms with Crippen LogP contribution in [-0.2, 0) is 20.9 Å². The topological polar surface area (TPSA) is 69.0 Å². The molecule has 3 rings (SSSR count). The van der Waals surface area contributed by atoms with Crippen LogP contribution in [0.1, 0.15) is 29.0 Å². The van der Waals surface area contributed by atoms with Crippen molar-refractivity contribution in [2.24, 2.45) is 0 Å². The van der Waals surface area contributed by atoms with Crippen LogP contribution in [0.5, 0.6) is 0 Å². The Kier molecular flexibility index (Phi) is 4.62. The van der Waals surface area contributed by atoms with Crippen molar-refractivity contribution >= 4 is 22.8 Å². The first kappa shape index (κ1) is 15.6. The zero-order valence-electron chi connectivity index (χ0n) is 13.0. The van der Waals surface area contributed by atoms with Crippen LogP contribution in [0.25, 0.3) is 11.0 Å². The Morgan fingerprint density at radius 3 is 2.70 bits per heavy atom. The Labute approximate surface area is 133 Å². The SMILES string of the molecule is COCc1c(C(=O)OCC(=O)N2CCCC2)oc2ccccc12. The molecule has 0 aliphatic carbocycles. The van der Waals surface area contributed by atoms with Crippen LogP contribution in [0.2, 0.25) is 0 Å². The van der Waals surface area contributed by atoms with Crippen LogP contribution >= 0.6 is 0 Å². The molecular weight excluding hydrogens is 298 g/mol. The number of hydrogen-bond donors (Lipinski definition) is 0. The van der Waals surface area contributed by atoms with Crippen LogP contribution in [0.15, 0.2) is 28.7 Å². The fourth-order valence-electron chi connectivity index (χ4n) is 2.80. The van der Waals surface area contributed by atoms with Gasteiger partial charge in [0.25, 0.3) is 5.91 Å². The summed E-state index contributed by atoms with van der Waals surface area (Å²) in [5.74, 6) is -0.705. The van der Waals surface area contributed by atoms with Gasteiger partial charge in [-0.3, -0.25) is 4.79 Å². The van der Waals surface area contributed by atoms with E-state index in [1.165, 1.54) is 0 Å². The Balaban J connectivity index is 1.74. The van der Waals surface area contributed by atoms with E-state index in [4.69, 9.17) is 13.9 Å². The van der Waals surface area contributed by atoms with Gasteiger partial charge in [-0.2, -0.15) is 0 Å². The summed E-state index contributed by atoms with van der Waals surface area (Å²) in [5, 5.41) is 0.812. The summed E-state index contributed by atoms with van der Waals surface area (Å²) < 4.78 is 15.9. The second kappa shape index (κ2) is 6.83. The van der Waals surface area contributed by atoms with E-state index < -0.39 is 5.97 Å². The molecule has 0 radical (unpaired) electrons. The van der Waals surface area contributed by atoms with Gasteiger partial charge in [-0.05, 0) is 18.9 Å². The Bertz CT molecular complexity index is 715. The summed E-state index contributed by atoms with van der Waals surface area (Å²) in [6.07, 6.45) is 2.00. The number of nitrogens with zero attached hydrogens (tertiary/aromatic N) is 1. The number of amides is 1. The van der Waals surface area contributed by atoms with E-state index in [1.807, 2.05) is 18.2 Å². The van der Waals surface area contributed by atoms with E-state index in [0.29, 0.717) is 11.1 Å². The molecule has 0 N–H and O–H groups in total. The van der Waals surface area contributed by atoms with Crippen LogP contribution in [0, 0.1) is 0 Å². The highest BCUT2D eigenvalue weighted by Crippen LogP contribution is 2.27. The molecule has 1 aliphatic heterocycles. The van der Waals surface area contributed by atoms with Crippen molar-refractivity contribution in [3.63, 3.8) is 0 Å². The van der Waals surface area contributed by atoms with Gasteiger partial charge in [-0.15, -0.1) is 0 Å². The van der Waals surface area contributed by atoms with Crippen LogP contribution in [-0.4, -0.2) is 43.6 Å². The molecule has 1 aromatic heterocycles. The van der Waals surface area contributed by atoms with Crippen LogP contribution in [0.3, 0.4) is 0 Å². The highest BCUT2D eigenvalue weighted by molar-refractivity contribution is 5.96. The number of esters is 1. The van der Waals surface area contributed by atoms with E-state index in [1.54, 1.807) is 18.1 Å². The number of carbonyl (C=O) groups excluding carboxylic acids is 2. The van der Waals surface area contributed by atoms with Crippen molar-refractivity contribution in [3.05, 3.63) is 35.6 Å². The lowest BCUT2D eigenvalue weighted by molar-refractivity contribution is -0.133. The van der Waals surface area contributed by atoms with Gasteiger partial charge >= 0.3 is 5.97 Å². The minimum Gasteiger partial charge on any atom is -0.450 e. The maximum atomic E-state index is 12.3. The van der Waals surface area contributed by atoms with Crippen LogP contribution < -0.4 is 0 Å². The predicted octanol–water partition coefficient (Wildman–Crippen LogP) is 2.36. The van der Waals surface area contributed by atoms with Gasteiger partial charge in [0.15, 0.2) is 6.61 Å². The Hall–Kier alpha value is -2.34. The number of rotatable bonds is 5. The van der Waals surface area contributed by atoms with E-state index in [9.17, 15) is 9.59 Å². The minimum absolute atomic E-state index is 0.0993. The number of ether oxygens (including phenoxy) is 2.